The van der Waals surface area contributed by atoms with Crippen LogP contribution in [-0.4, -0.2) is 52.5 Å². The summed E-state index contributed by atoms with van der Waals surface area (Å²) in [6.07, 6.45) is 3.51. The fraction of sp³-hybridized carbons (Fsp3) is 0.240. The maximum Gasteiger partial charge on any atom is 0.251 e. The molecule has 0 saturated heterocycles. The van der Waals surface area contributed by atoms with Crippen molar-refractivity contribution in [3.8, 4) is 0 Å². The SMILES string of the molecule is CN(C)CCNC(=O)c1ccc(Cn2c(SCc3ccccc3F)nc3ccncc32)cc1. The molecule has 1 N–H and O–H groups in total. The molecule has 4 rings (SSSR count). The number of likely N-dealkylation sites (N-methyl/N-ethyl adjacent to an activating group) is 1. The third kappa shape index (κ3) is 5.77. The number of carbonyl (C=O) groups is 1. The Balaban J connectivity index is 1.51. The number of carbonyl (C=O) groups excluding carboxylic acids is 1. The number of aromatic nitrogens is 3. The van der Waals surface area contributed by atoms with Gasteiger partial charge < -0.3 is 14.8 Å². The second-order valence-electron chi connectivity index (χ2n) is 7.98. The molecule has 1 amide bonds. The van der Waals surface area contributed by atoms with Crippen LogP contribution in [0.1, 0.15) is 21.5 Å². The van der Waals surface area contributed by atoms with E-state index in [-0.39, 0.29) is 11.7 Å². The van der Waals surface area contributed by atoms with Gasteiger partial charge in [0.2, 0.25) is 0 Å². The fourth-order valence-electron chi connectivity index (χ4n) is 3.41. The molecule has 2 aromatic heterocycles. The van der Waals surface area contributed by atoms with Gasteiger partial charge in [0.05, 0.1) is 23.8 Å². The third-order valence-corrected chi connectivity index (χ3v) is 6.26. The number of benzene rings is 2. The van der Waals surface area contributed by atoms with E-state index in [1.54, 1.807) is 24.5 Å². The minimum absolute atomic E-state index is 0.0817. The molecule has 0 aliphatic heterocycles. The van der Waals surface area contributed by atoms with Crippen molar-refractivity contribution >= 4 is 28.7 Å². The molecule has 8 heteroatoms. The number of fused-ring (bicyclic) bond motifs is 1. The Hall–Kier alpha value is -3.23. The predicted molar refractivity (Wildman–Crippen MR) is 130 cm³/mol. The molecule has 0 aliphatic rings. The molecule has 0 saturated carbocycles. The molecule has 2 aromatic carbocycles. The van der Waals surface area contributed by atoms with E-state index in [4.69, 9.17) is 4.98 Å². The molecule has 2 heterocycles. The zero-order chi connectivity index (χ0) is 23.2. The highest BCUT2D eigenvalue weighted by Crippen LogP contribution is 2.28. The van der Waals surface area contributed by atoms with Gasteiger partial charge in [-0.3, -0.25) is 9.78 Å². The van der Waals surface area contributed by atoms with Gasteiger partial charge in [0.25, 0.3) is 5.91 Å². The van der Waals surface area contributed by atoms with E-state index in [2.05, 4.69) is 14.9 Å². The highest BCUT2D eigenvalue weighted by Gasteiger charge is 2.14. The maximum atomic E-state index is 14.1. The lowest BCUT2D eigenvalue weighted by molar-refractivity contribution is 0.0951. The first kappa shape index (κ1) is 22.9. The van der Waals surface area contributed by atoms with E-state index in [1.807, 2.05) is 55.4 Å². The number of halogens is 1. The predicted octanol–water partition coefficient (Wildman–Crippen LogP) is 4.20. The van der Waals surface area contributed by atoms with Crippen molar-refractivity contribution in [2.24, 2.45) is 0 Å². The van der Waals surface area contributed by atoms with Crippen molar-refractivity contribution < 1.29 is 9.18 Å². The number of nitrogens with one attached hydrogen (secondary N) is 1. The van der Waals surface area contributed by atoms with Crippen LogP contribution >= 0.6 is 11.8 Å². The van der Waals surface area contributed by atoms with Gasteiger partial charge in [0, 0.05) is 30.6 Å². The van der Waals surface area contributed by atoms with Crippen molar-refractivity contribution in [3.05, 3.63) is 89.5 Å². The quantitative estimate of drug-likeness (QED) is 0.377. The Morgan fingerprint density at radius 2 is 1.91 bits per heavy atom. The molecule has 0 atom stereocenters. The Labute approximate surface area is 196 Å². The Morgan fingerprint density at radius 1 is 1.12 bits per heavy atom. The molecular weight excluding hydrogens is 437 g/mol. The van der Waals surface area contributed by atoms with Crippen LogP contribution in [-0.2, 0) is 12.3 Å². The molecule has 0 unspecified atom stereocenters. The van der Waals surface area contributed by atoms with Gasteiger partial charge in [-0.25, -0.2) is 9.37 Å². The monoisotopic (exact) mass is 463 g/mol. The minimum Gasteiger partial charge on any atom is -0.351 e. The average molecular weight is 464 g/mol. The second kappa shape index (κ2) is 10.6. The van der Waals surface area contributed by atoms with Crippen LogP contribution in [0, 0.1) is 5.82 Å². The molecule has 6 nitrogen and oxygen atoms in total. The molecule has 0 fully saturated rings. The Bertz CT molecular complexity index is 1240. The number of imidazole rings is 1. The highest BCUT2D eigenvalue weighted by atomic mass is 32.2. The number of rotatable bonds is 9. The van der Waals surface area contributed by atoms with Crippen LogP contribution in [0.4, 0.5) is 4.39 Å². The molecule has 0 radical (unpaired) electrons. The number of hydrogen-bond acceptors (Lipinski definition) is 5. The van der Waals surface area contributed by atoms with Gasteiger partial charge in [0.15, 0.2) is 5.16 Å². The largest absolute Gasteiger partial charge is 0.351 e. The summed E-state index contributed by atoms with van der Waals surface area (Å²) in [7, 11) is 3.94. The highest BCUT2D eigenvalue weighted by molar-refractivity contribution is 7.98. The Morgan fingerprint density at radius 3 is 2.67 bits per heavy atom. The maximum absolute atomic E-state index is 14.1. The molecular formula is C25H26FN5OS. The van der Waals surface area contributed by atoms with Crippen molar-refractivity contribution in [2.45, 2.75) is 17.5 Å². The lowest BCUT2D eigenvalue weighted by Crippen LogP contribution is -2.31. The van der Waals surface area contributed by atoms with E-state index < -0.39 is 0 Å². The van der Waals surface area contributed by atoms with Crippen molar-refractivity contribution in [2.75, 3.05) is 27.2 Å². The molecule has 0 aliphatic carbocycles. The number of amides is 1. The summed E-state index contributed by atoms with van der Waals surface area (Å²) >= 11 is 1.49. The summed E-state index contributed by atoms with van der Waals surface area (Å²) in [6.45, 7) is 1.97. The van der Waals surface area contributed by atoms with Crippen LogP contribution in [0.5, 0.6) is 0 Å². The zero-order valence-electron chi connectivity index (χ0n) is 18.7. The van der Waals surface area contributed by atoms with Gasteiger partial charge in [0.1, 0.15) is 5.82 Å². The van der Waals surface area contributed by atoms with Crippen LogP contribution in [0.3, 0.4) is 0 Å². The standard InChI is InChI=1S/C25H26FN5OS/c1-30(2)14-13-28-24(32)19-9-7-18(8-10-19)16-31-23-15-27-12-11-22(23)29-25(31)33-17-20-5-3-4-6-21(20)26/h3-12,15H,13-14,16-17H2,1-2H3,(H,28,32). The molecule has 0 spiro atoms. The molecule has 0 bridgehead atoms. The first-order valence-corrected chi connectivity index (χ1v) is 11.7. The smallest absolute Gasteiger partial charge is 0.251 e. The van der Waals surface area contributed by atoms with Gasteiger partial charge >= 0.3 is 0 Å². The van der Waals surface area contributed by atoms with Crippen molar-refractivity contribution in [1.29, 1.82) is 0 Å². The summed E-state index contributed by atoms with van der Waals surface area (Å²) < 4.78 is 16.2. The van der Waals surface area contributed by atoms with Gasteiger partial charge in [-0.15, -0.1) is 0 Å². The minimum atomic E-state index is -0.214. The number of hydrogen-bond donors (Lipinski definition) is 1. The van der Waals surface area contributed by atoms with Crippen molar-refractivity contribution in [3.63, 3.8) is 0 Å². The van der Waals surface area contributed by atoms with Crippen LogP contribution < -0.4 is 5.32 Å². The summed E-state index contributed by atoms with van der Waals surface area (Å²) in [5.41, 5.74) is 4.07. The van der Waals surface area contributed by atoms with Crippen molar-refractivity contribution in [1.82, 2.24) is 24.8 Å². The lowest BCUT2D eigenvalue weighted by atomic mass is 10.1. The first-order valence-electron chi connectivity index (χ1n) is 10.7. The summed E-state index contributed by atoms with van der Waals surface area (Å²) in [4.78, 5) is 23.4. The van der Waals surface area contributed by atoms with Gasteiger partial charge in [-0.2, -0.15) is 0 Å². The van der Waals surface area contributed by atoms with E-state index in [0.29, 0.717) is 30.0 Å². The number of pyridine rings is 1. The van der Waals surface area contributed by atoms with E-state index in [0.717, 1.165) is 28.3 Å². The summed E-state index contributed by atoms with van der Waals surface area (Å²) in [5.74, 6) is 0.186. The Kier molecular flexibility index (Phi) is 7.36. The zero-order valence-corrected chi connectivity index (χ0v) is 19.5. The fourth-order valence-corrected chi connectivity index (χ4v) is 4.41. The molecule has 170 valence electrons. The van der Waals surface area contributed by atoms with E-state index in [1.165, 1.54) is 17.8 Å². The number of thioether (sulfide) groups is 1. The lowest BCUT2D eigenvalue weighted by Gasteiger charge is -2.11. The molecule has 33 heavy (non-hydrogen) atoms. The molecule has 4 aromatic rings. The van der Waals surface area contributed by atoms with Gasteiger partial charge in [-0.05, 0) is 49.5 Å². The van der Waals surface area contributed by atoms with Crippen LogP contribution in [0.15, 0.2) is 72.1 Å². The second-order valence-corrected chi connectivity index (χ2v) is 8.92. The van der Waals surface area contributed by atoms with Crippen LogP contribution in [0.25, 0.3) is 11.0 Å². The third-order valence-electron chi connectivity index (χ3n) is 5.23. The summed E-state index contributed by atoms with van der Waals surface area (Å²) in [5, 5.41) is 3.73. The average Bonchev–Trinajstić information content (AvgIpc) is 3.16. The van der Waals surface area contributed by atoms with Gasteiger partial charge in [-0.1, -0.05) is 42.1 Å². The first-order chi connectivity index (χ1) is 16.0. The number of nitrogens with zero attached hydrogens (tertiary/aromatic N) is 4. The summed E-state index contributed by atoms with van der Waals surface area (Å²) in [6, 6.07) is 16.2. The topological polar surface area (TPSA) is 63.1 Å². The normalized spacial score (nSPS) is 11.3. The van der Waals surface area contributed by atoms with Crippen LogP contribution in [0.2, 0.25) is 0 Å². The van der Waals surface area contributed by atoms with E-state index >= 15 is 0 Å². The van der Waals surface area contributed by atoms with E-state index in [9.17, 15) is 9.18 Å².